The van der Waals surface area contributed by atoms with Gasteiger partial charge in [0.15, 0.2) is 0 Å². The third kappa shape index (κ3) is 4.38. The van der Waals surface area contributed by atoms with Gasteiger partial charge in [-0.15, -0.1) is 0 Å². The Hall–Kier alpha value is -3.61. The standard InChI is InChI=1S/C29H26F3N3O/c30-29(31,32)24-12-13-25-26(16-24)35(18-19-14-15-34(17-19)28(36)23-10-11-23)27(33-25)22-8-6-21(7-9-22)20-4-2-1-3-5-20/h1-9,12-13,16,19,23H,10-11,14-15,17-18H2. The third-order valence-corrected chi connectivity index (χ3v) is 7.29. The largest absolute Gasteiger partial charge is 0.416 e. The molecule has 4 aromatic rings. The predicted molar refractivity (Wildman–Crippen MR) is 133 cm³/mol. The molecule has 0 bridgehead atoms. The van der Waals surface area contributed by atoms with Gasteiger partial charge in [0.05, 0.1) is 16.6 Å². The highest BCUT2D eigenvalue weighted by atomic mass is 19.4. The number of aromatic nitrogens is 2. The van der Waals surface area contributed by atoms with Gasteiger partial charge in [-0.1, -0.05) is 54.6 Å². The molecule has 1 unspecified atom stereocenters. The number of hydrogen-bond donors (Lipinski definition) is 0. The van der Waals surface area contributed by atoms with Crippen LogP contribution in [0.2, 0.25) is 0 Å². The zero-order valence-electron chi connectivity index (χ0n) is 19.7. The molecule has 0 radical (unpaired) electrons. The first-order valence-corrected chi connectivity index (χ1v) is 12.4. The van der Waals surface area contributed by atoms with Crippen molar-refractivity contribution in [1.29, 1.82) is 0 Å². The lowest BCUT2D eigenvalue weighted by Crippen LogP contribution is -2.30. The summed E-state index contributed by atoms with van der Waals surface area (Å²) in [5.41, 5.74) is 3.33. The molecule has 1 aromatic heterocycles. The van der Waals surface area contributed by atoms with Gasteiger partial charge < -0.3 is 9.47 Å². The molecule has 1 atom stereocenters. The lowest BCUT2D eigenvalue weighted by Gasteiger charge is -2.18. The average molecular weight is 490 g/mol. The molecular formula is C29H26F3N3O. The van der Waals surface area contributed by atoms with E-state index in [1.165, 1.54) is 12.1 Å². The van der Waals surface area contributed by atoms with Crippen molar-refractivity contribution in [2.75, 3.05) is 13.1 Å². The maximum Gasteiger partial charge on any atom is 0.416 e. The smallest absolute Gasteiger partial charge is 0.342 e. The Balaban J connectivity index is 1.36. The zero-order valence-corrected chi connectivity index (χ0v) is 19.7. The monoisotopic (exact) mass is 489 g/mol. The number of carbonyl (C=O) groups is 1. The van der Waals surface area contributed by atoms with E-state index in [0.717, 1.165) is 42.0 Å². The third-order valence-electron chi connectivity index (χ3n) is 7.29. The van der Waals surface area contributed by atoms with Crippen molar-refractivity contribution >= 4 is 16.9 Å². The van der Waals surface area contributed by atoms with Crippen LogP contribution in [0, 0.1) is 11.8 Å². The van der Waals surface area contributed by atoms with Gasteiger partial charge in [-0.05, 0) is 54.5 Å². The lowest BCUT2D eigenvalue weighted by atomic mass is 10.0. The molecule has 7 heteroatoms. The van der Waals surface area contributed by atoms with Crippen LogP contribution < -0.4 is 0 Å². The fourth-order valence-corrected chi connectivity index (χ4v) is 5.18. The van der Waals surface area contributed by atoms with E-state index >= 15 is 0 Å². The van der Waals surface area contributed by atoms with Crippen molar-refractivity contribution in [2.24, 2.45) is 11.8 Å². The first kappa shape index (κ1) is 22.8. The van der Waals surface area contributed by atoms with Gasteiger partial charge in [0.1, 0.15) is 5.82 Å². The van der Waals surface area contributed by atoms with Crippen LogP contribution in [0.15, 0.2) is 72.8 Å². The number of hydrogen-bond acceptors (Lipinski definition) is 2. The topological polar surface area (TPSA) is 38.1 Å². The second-order valence-corrected chi connectivity index (χ2v) is 9.90. The minimum Gasteiger partial charge on any atom is -0.342 e. The quantitative estimate of drug-likeness (QED) is 0.315. The van der Waals surface area contributed by atoms with E-state index in [0.29, 0.717) is 36.5 Å². The van der Waals surface area contributed by atoms with Crippen molar-refractivity contribution in [1.82, 2.24) is 14.5 Å². The fraction of sp³-hybridized carbons (Fsp3) is 0.310. The van der Waals surface area contributed by atoms with E-state index in [2.05, 4.69) is 0 Å². The minimum absolute atomic E-state index is 0.169. The Morgan fingerprint density at radius 1 is 0.889 bits per heavy atom. The number of nitrogens with zero attached hydrogens (tertiary/aromatic N) is 3. The lowest BCUT2D eigenvalue weighted by molar-refractivity contribution is -0.137. The SMILES string of the molecule is O=C(C1CC1)N1CCC(Cn2c(-c3ccc(-c4ccccc4)cc3)nc3ccc(C(F)(F)F)cc32)C1. The Bertz CT molecular complexity index is 1410. The number of alkyl halides is 3. The Morgan fingerprint density at radius 3 is 2.28 bits per heavy atom. The second kappa shape index (κ2) is 8.80. The molecule has 1 saturated heterocycles. The second-order valence-electron chi connectivity index (χ2n) is 9.90. The summed E-state index contributed by atoms with van der Waals surface area (Å²) in [7, 11) is 0. The Labute approximate surface area is 207 Å². The van der Waals surface area contributed by atoms with Crippen LogP contribution in [0.25, 0.3) is 33.5 Å². The fourth-order valence-electron chi connectivity index (χ4n) is 5.18. The van der Waals surface area contributed by atoms with Gasteiger partial charge in [-0.3, -0.25) is 4.79 Å². The highest BCUT2D eigenvalue weighted by Gasteiger charge is 2.37. The zero-order chi connectivity index (χ0) is 24.9. The van der Waals surface area contributed by atoms with E-state index in [1.807, 2.05) is 64.1 Å². The highest BCUT2D eigenvalue weighted by Crippen LogP contribution is 2.36. The van der Waals surface area contributed by atoms with E-state index in [1.54, 1.807) is 0 Å². The number of fused-ring (bicyclic) bond motifs is 1. The number of halogens is 3. The van der Waals surface area contributed by atoms with E-state index in [9.17, 15) is 18.0 Å². The van der Waals surface area contributed by atoms with Crippen LogP contribution in [0.3, 0.4) is 0 Å². The first-order chi connectivity index (χ1) is 17.4. The summed E-state index contributed by atoms with van der Waals surface area (Å²) in [4.78, 5) is 19.2. The summed E-state index contributed by atoms with van der Waals surface area (Å²) in [6.45, 7) is 1.86. The number of imidazole rings is 1. The van der Waals surface area contributed by atoms with Crippen LogP contribution in [0.5, 0.6) is 0 Å². The van der Waals surface area contributed by atoms with Gasteiger partial charge in [0, 0.05) is 31.1 Å². The Morgan fingerprint density at radius 2 is 1.58 bits per heavy atom. The molecule has 184 valence electrons. The van der Waals surface area contributed by atoms with Gasteiger partial charge in [0.25, 0.3) is 0 Å². The summed E-state index contributed by atoms with van der Waals surface area (Å²) in [6, 6.07) is 21.7. The number of rotatable bonds is 5. The number of carbonyl (C=O) groups excluding carboxylic acids is 1. The molecule has 2 aliphatic rings. The summed E-state index contributed by atoms with van der Waals surface area (Å²) < 4.78 is 42.5. The van der Waals surface area contributed by atoms with Gasteiger partial charge >= 0.3 is 6.18 Å². The molecule has 3 aromatic carbocycles. The minimum atomic E-state index is -4.43. The molecule has 2 heterocycles. The summed E-state index contributed by atoms with van der Waals surface area (Å²) in [6.07, 6.45) is -1.66. The molecule has 1 saturated carbocycles. The van der Waals surface area contributed by atoms with Crippen molar-refractivity contribution in [3.05, 3.63) is 78.4 Å². The number of likely N-dealkylation sites (tertiary alicyclic amines) is 1. The van der Waals surface area contributed by atoms with Crippen LogP contribution in [-0.4, -0.2) is 33.4 Å². The molecule has 2 fully saturated rings. The van der Waals surface area contributed by atoms with E-state index in [-0.39, 0.29) is 17.7 Å². The maximum atomic E-state index is 13.5. The van der Waals surface area contributed by atoms with Gasteiger partial charge in [-0.25, -0.2) is 4.98 Å². The molecule has 6 rings (SSSR count). The number of benzene rings is 3. The van der Waals surface area contributed by atoms with E-state index < -0.39 is 11.7 Å². The molecule has 36 heavy (non-hydrogen) atoms. The normalized spacial score (nSPS) is 18.2. The molecule has 1 amide bonds. The average Bonchev–Trinajstić information content (AvgIpc) is 3.53. The van der Waals surface area contributed by atoms with Crippen molar-refractivity contribution in [3.63, 3.8) is 0 Å². The van der Waals surface area contributed by atoms with E-state index in [4.69, 9.17) is 4.98 Å². The van der Waals surface area contributed by atoms with Crippen LogP contribution in [0.1, 0.15) is 24.8 Å². The highest BCUT2D eigenvalue weighted by molar-refractivity contribution is 5.82. The summed E-state index contributed by atoms with van der Waals surface area (Å²) >= 11 is 0. The maximum absolute atomic E-state index is 13.5. The molecule has 0 N–H and O–H groups in total. The predicted octanol–water partition coefficient (Wildman–Crippen LogP) is 6.65. The molecule has 4 nitrogen and oxygen atoms in total. The summed E-state index contributed by atoms with van der Waals surface area (Å²) in [5, 5.41) is 0. The molecule has 1 aliphatic heterocycles. The molecule has 0 spiro atoms. The van der Waals surface area contributed by atoms with Gasteiger partial charge in [0.2, 0.25) is 5.91 Å². The van der Waals surface area contributed by atoms with Crippen LogP contribution >= 0.6 is 0 Å². The van der Waals surface area contributed by atoms with Crippen LogP contribution in [-0.2, 0) is 17.5 Å². The van der Waals surface area contributed by atoms with Gasteiger partial charge in [-0.2, -0.15) is 13.2 Å². The van der Waals surface area contributed by atoms with Crippen molar-refractivity contribution in [3.8, 4) is 22.5 Å². The van der Waals surface area contributed by atoms with Crippen LogP contribution in [0.4, 0.5) is 13.2 Å². The number of amides is 1. The molecular weight excluding hydrogens is 463 g/mol. The summed E-state index contributed by atoms with van der Waals surface area (Å²) in [5.74, 6) is 1.22. The van der Waals surface area contributed by atoms with Crippen molar-refractivity contribution in [2.45, 2.75) is 32.0 Å². The Kier molecular flexibility index (Phi) is 5.58. The van der Waals surface area contributed by atoms with Crippen molar-refractivity contribution < 1.29 is 18.0 Å². The first-order valence-electron chi connectivity index (χ1n) is 12.4. The molecule has 1 aliphatic carbocycles.